The molecule has 0 radical (unpaired) electrons. The number of carbonyl (C=O) groups excluding carboxylic acids is 1. The normalized spacial score (nSPS) is 16.3. The van der Waals surface area contributed by atoms with E-state index in [2.05, 4.69) is 20.4 Å². The minimum Gasteiger partial charge on any atom is -0.351 e. The lowest BCUT2D eigenvalue weighted by Crippen LogP contribution is -2.33. The summed E-state index contributed by atoms with van der Waals surface area (Å²) in [4.78, 5) is 19.9. The second-order valence-electron chi connectivity index (χ2n) is 9.41. The molecule has 2 aliphatic rings. The van der Waals surface area contributed by atoms with Crippen molar-refractivity contribution in [1.82, 2.24) is 25.4 Å². The number of fused-ring (bicyclic) bond motifs is 5. The van der Waals surface area contributed by atoms with Gasteiger partial charge in [-0.05, 0) is 93.1 Å². The summed E-state index contributed by atoms with van der Waals surface area (Å²) in [5.41, 5.74) is 5.71. The lowest BCUT2D eigenvalue weighted by molar-refractivity contribution is 0.0949. The highest BCUT2D eigenvalue weighted by atomic mass is 19.1. The lowest BCUT2D eigenvalue weighted by Gasteiger charge is -2.22. The molecule has 2 N–H and O–H groups in total. The maximum Gasteiger partial charge on any atom is 0.251 e. The van der Waals surface area contributed by atoms with Crippen molar-refractivity contribution in [3.8, 4) is 11.3 Å². The van der Waals surface area contributed by atoms with Crippen LogP contribution in [0.3, 0.4) is 0 Å². The first-order chi connectivity index (χ1) is 16.7. The number of likely N-dealkylation sites (tertiary alicyclic amines) is 1. The Morgan fingerprint density at radius 3 is 2.71 bits per heavy atom. The van der Waals surface area contributed by atoms with Crippen LogP contribution < -0.4 is 5.32 Å². The molecule has 0 atom stereocenters. The zero-order chi connectivity index (χ0) is 23.1. The van der Waals surface area contributed by atoms with E-state index < -0.39 is 5.82 Å². The second-order valence-corrected chi connectivity index (χ2v) is 9.41. The van der Waals surface area contributed by atoms with Crippen LogP contribution in [0.4, 0.5) is 4.39 Å². The molecule has 4 aromatic rings. The predicted molar refractivity (Wildman–Crippen MR) is 131 cm³/mol. The van der Waals surface area contributed by atoms with Crippen molar-refractivity contribution in [3.05, 3.63) is 59.0 Å². The molecule has 1 saturated heterocycles. The molecule has 0 saturated carbocycles. The zero-order valence-corrected chi connectivity index (χ0v) is 19.2. The van der Waals surface area contributed by atoms with Gasteiger partial charge < -0.3 is 10.2 Å². The number of aromatic amines is 1. The SMILES string of the molecule is O=C(NCCN1CCCC1)c1ccc(-c2nc3ccc4[nH]ncc4c3c3c2CCCC3)c(F)c1. The van der Waals surface area contributed by atoms with Crippen LogP contribution in [0.1, 0.15) is 47.2 Å². The summed E-state index contributed by atoms with van der Waals surface area (Å²) < 4.78 is 15.4. The molecule has 174 valence electrons. The van der Waals surface area contributed by atoms with Gasteiger partial charge in [-0.15, -0.1) is 0 Å². The highest BCUT2D eigenvalue weighted by Gasteiger charge is 2.23. The van der Waals surface area contributed by atoms with E-state index in [1.807, 2.05) is 18.3 Å². The summed E-state index contributed by atoms with van der Waals surface area (Å²) in [7, 11) is 0. The number of rotatable bonds is 5. The molecule has 34 heavy (non-hydrogen) atoms. The molecular weight excluding hydrogens is 429 g/mol. The highest BCUT2D eigenvalue weighted by molar-refractivity contribution is 6.07. The molecule has 1 aliphatic carbocycles. The number of aryl methyl sites for hydroxylation is 1. The van der Waals surface area contributed by atoms with Crippen LogP contribution in [0.15, 0.2) is 36.5 Å². The summed E-state index contributed by atoms with van der Waals surface area (Å²) in [6, 6.07) is 8.73. The first-order valence-corrected chi connectivity index (χ1v) is 12.3. The predicted octanol–water partition coefficient (Wildman–Crippen LogP) is 4.62. The molecule has 1 amide bonds. The number of H-pyrrole nitrogens is 1. The summed E-state index contributed by atoms with van der Waals surface area (Å²) in [5, 5.41) is 12.4. The molecular formula is C27H28FN5O. The molecule has 1 fully saturated rings. The maximum absolute atomic E-state index is 15.4. The number of nitrogens with zero attached hydrogens (tertiary/aromatic N) is 3. The Balaban J connectivity index is 1.33. The molecule has 7 heteroatoms. The van der Waals surface area contributed by atoms with Gasteiger partial charge in [0.25, 0.3) is 5.91 Å². The number of hydrogen-bond acceptors (Lipinski definition) is 4. The van der Waals surface area contributed by atoms with Crippen LogP contribution in [0.5, 0.6) is 0 Å². The lowest BCUT2D eigenvalue weighted by atomic mass is 9.85. The van der Waals surface area contributed by atoms with Crippen molar-refractivity contribution in [1.29, 1.82) is 0 Å². The van der Waals surface area contributed by atoms with E-state index in [1.54, 1.807) is 12.1 Å². The monoisotopic (exact) mass is 457 g/mol. The van der Waals surface area contributed by atoms with E-state index in [0.717, 1.165) is 72.7 Å². The van der Waals surface area contributed by atoms with E-state index in [0.29, 0.717) is 23.4 Å². The van der Waals surface area contributed by atoms with E-state index in [9.17, 15) is 4.79 Å². The summed E-state index contributed by atoms with van der Waals surface area (Å²) in [5.74, 6) is -0.642. The third-order valence-corrected chi connectivity index (χ3v) is 7.29. The van der Waals surface area contributed by atoms with Gasteiger partial charge in [0.2, 0.25) is 0 Å². The minimum atomic E-state index is -0.406. The Bertz CT molecular complexity index is 1390. The van der Waals surface area contributed by atoms with Crippen molar-refractivity contribution in [2.45, 2.75) is 38.5 Å². The Labute approximate surface area is 197 Å². The zero-order valence-electron chi connectivity index (χ0n) is 19.2. The average Bonchev–Trinajstić information content (AvgIpc) is 3.55. The Hall–Kier alpha value is -3.32. The molecule has 6 rings (SSSR count). The Morgan fingerprint density at radius 2 is 1.88 bits per heavy atom. The summed E-state index contributed by atoms with van der Waals surface area (Å²) in [6.45, 7) is 3.59. The molecule has 0 spiro atoms. The third kappa shape index (κ3) is 3.74. The molecule has 3 heterocycles. The molecule has 6 nitrogen and oxygen atoms in total. The second kappa shape index (κ2) is 8.80. The number of amides is 1. The Kier molecular flexibility index (Phi) is 5.49. The minimum absolute atomic E-state index is 0.236. The average molecular weight is 458 g/mol. The fourth-order valence-corrected chi connectivity index (χ4v) is 5.55. The summed E-state index contributed by atoms with van der Waals surface area (Å²) in [6.07, 6.45) is 8.29. The summed E-state index contributed by atoms with van der Waals surface area (Å²) >= 11 is 0. The van der Waals surface area contributed by atoms with Crippen molar-refractivity contribution >= 4 is 27.7 Å². The van der Waals surface area contributed by atoms with Crippen molar-refractivity contribution < 1.29 is 9.18 Å². The van der Waals surface area contributed by atoms with Crippen molar-refractivity contribution in [3.63, 3.8) is 0 Å². The van der Waals surface area contributed by atoms with Crippen LogP contribution in [-0.2, 0) is 12.8 Å². The van der Waals surface area contributed by atoms with Crippen LogP contribution in [0, 0.1) is 5.82 Å². The maximum atomic E-state index is 15.4. The van der Waals surface area contributed by atoms with Gasteiger partial charge >= 0.3 is 0 Å². The number of halogens is 1. The van der Waals surface area contributed by atoms with Gasteiger partial charge in [0, 0.05) is 35.0 Å². The number of aromatic nitrogens is 3. The first kappa shape index (κ1) is 21.2. The van der Waals surface area contributed by atoms with Gasteiger partial charge in [0.05, 0.1) is 22.9 Å². The fourth-order valence-electron chi connectivity index (χ4n) is 5.55. The highest BCUT2D eigenvalue weighted by Crippen LogP contribution is 2.38. The number of pyridine rings is 1. The topological polar surface area (TPSA) is 73.9 Å². The third-order valence-electron chi connectivity index (χ3n) is 7.29. The quantitative estimate of drug-likeness (QED) is 0.459. The van der Waals surface area contributed by atoms with E-state index in [1.165, 1.54) is 24.5 Å². The molecule has 2 aromatic heterocycles. The van der Waals surface area contributed by atoms with Crippen LogP contribution in [0.25, 0.3) is 33.1 Å². The largest absolute Gasteiger partial charge is 0.351 e. The standard InChI is InChI=1S/C27H28FN5O/c28-22-15-17(27(34)29-11-14-33-12-3-4-13-33)7-8-20(22)26-19-6-2-1-5-18(19)25-21-16-30-32-23(21)9-10-24(25)31-26/h7-10,15-16H,1-6,11-14H2,(H,29,34)(H,30,32). The molecule has 0 bridgehead atoms. The fraction of sp³-hybridized carbons (Fsp3) is 0.370. The van der Waals surface area contributed by atoms with Gasteiger partial charge in [0.15, 0.2) is 0 Å². The van der Waals surface area contributed by atoms with Gasteiger partial charge in [-0.1, -0.05) is 0 Å². The number of nitrogens with one attached hydrogen (secondary N) is 2. The molecule has 1 aliphatic heterocycles. The number of carbonyl (C=O) groups is 1. The van der Waals surface area contributed by atoms with Crippen molar-refractivity contribution in [2.75, 3.05) is 26.2 Å². The first-order valence-electron chi connectivity index (χ1n) is 12.3. The number of benzene rings is 2. The van der Waals surface area contributed by atoms with E-state index in [-0.39, 0.29) is 5.91 Å². The number of hydrogen-bond donors (Lipinski definition) is 2. The Morgan fingerprint density at radius 1 is 1.06 bits per heavy atom. The van der Waals surface area contributed by atoms with Gasteiger partial charge in [-0.25, -0.2) is 9.37 Å². The van der Waals surface area contributed by atoms with E-state index >= 15 is 4.39 Å². The van der Waals surface area contributed by atoms with Crippen LogP contribution in [-0.4, -0.2) is 52.2 Å². The van der Waals surface area contributed by atoms with Gasteiger partial charge in [0.1, 0.15) is 5.82 Å². The van der Waals surface area contributed by atoms with Gasteiger partial charge in [-0.2, -0.15) is 5.10 Å². The van der Waals surface area contributed by atoms with Crippen LogP contribution >= 0.6 is 0 Å². The van der Waals surface area contributed by atoms with Crippen LogP contribution in [0.2, 0.25) is 0 Å². The smallest absolute Gasteiger partial charge is 0.251 e. The van der Waals surface area contributed by atoms with Gasteiger partial charge in [-0.3, -0.25) is 9.89 Å². The molecule has 0 unspecified atom stereocenters. The molecule has 2 aromatic carbocycles. The van der Waals surface area contributed by atoms with Crippen molar-refractivity contribution in [2.24, 2.45) is 0 Å². The van der Waals surface area contributed by atoms with E-state index in [4.69, 9.17) is 4.98 Å².